The number of pyridine rings is 1. The molecule has 0 saturated carbocycles. The second kappa shape index (κ2) is 4.69. The van der Waals surface area contributed by atoms with Gasteiger partial charge in [0.2, 0.25) is 5.75 Å². The number of alkyl halides is 3. The van der Waals surface area contributed by atoms with Crippen molar-refractivity contribution in [1.82, 2.24) is 4.98 Å². The van der Waals surface area contributed by atoms with Crippen LogP contribution in [0.1, 0.15) is 0 Å². The summed E-state index contributed by atoms with van der Waals surface area (Å²) in [5.41, 5.74) is 0. The van der Waals surface area contributed by atoms with Crippen molar-refractivity contribution in [2.45, 2.75) is 11.4 Å². The number of hydrogen-bond donors (Lipinski definition) is 1. The minimum absolute atomic E-state index is 0.580. The van der Waals surface area contributed by atoms with Crippen molar-refractivity contribution < 1.29 is 36.2 Å². The van der Waals surface area contributed by atoms with E-state index in [1.54, 1.807) is 0 Å². The van der Waals surface area contributed by atoms with Gasteiger partial charge < -0.3 is 14.6 Å². The maximum atomic E-state index is 12.0. The van der Waals surface area contributed by atoms with Crippen LogP contribution in [0.3, 0.4) is 0 Å². The molecule has 0 aromatic carbocycles. The SMILES string of the molecule is COc1cc(S(=O)(=O)Cl)nc(OC(F)(F)F)c1O. The quantitative estimate of drug-likeness (QED) is 0.854. The molecule has 0 radical (unpaired) electrons. The van der Waals surface area contributed by atoms with E-state index in [1.807, 2.05) is 0 Å². The van der Waals surface area contributed by atoms with Crippen molar-refractivity contribution in [1.29, 1.82) is 0 Å². The first-order chi connectivity index (χ1) is 8.04. The van der Waals surface area contributed by atoms with Gasteiger partial charge in [0, 0.05) is 16.7 Å². The monoisotopic (exact) mass is 307 g/mol. The minimum Gasteiger partial charge on any atom is -0.501 e. The molecule has 1 heterocycles. The Bertz CT molecular complexity index is 559. The van der Waals surface area contributed by atoms with Crippen LogP contribution in [-0.4, -0.2) is 32.0 Å². The summed E-state index contributed by atoms with van der Waals surface area (Å²) in [5, 5.41) is 8.35. The van der Waals surface area contributed by atoms with E-state index in [9.17, 15) is 26.7 Å². The van der Waals surface area contributed by atoms with Crippen LogP contribution < -0.4 is 9.47 Å². The third kappa shape index (κ3) is 3.53. The van der Waals surface area contributed by atoms with E-state index in [2.05, 4.69) is 14.5 Å². The molecule has 11 heteroatoms. The van der Waals surface area contributed by atoms with Crippen LogP contribution in [0.5, 0.6) is 17.4 Å². The topological polar surface area (TPSA) is 85.7 Å². The summed E-state index contributed by atoms with van der Waals surface area (Å²) >= 11 is 0. The predicted molar refractivity (Wildman–Crippen MR) is 52.2 cm³/mol. The standard InChI is InChI=1S/C7H5ClF3NO5S/c1-16-3-2-4(18(8,14)15)12-6(5(3)13)17-7(9,10)11/h2,13H,1H3. The Balaban J connectivity index is 3.42. The lowest BCUT2D eigenvalue weighted by Crippen LogP contribution is -2.18. The molecule has 102 valence electrons. The lowest BCUT2D eigenvalue weighted by atomic mass is 10.4. The highest BCUT2D eigenvalue weighted by atomic mass is 35.7. The highest BCUT2D eigenvalue weighted by Crippen LogP contribution is 2.38. The van der Waals surface area contributed by atoms with Gasteiger partial charge in [-0.3, -0.25) is 0 Å². The summed E-state index contributed by atoms with van der Waals surface area (Å²) in [6.07, 6.45) is -5.16. The van der Waals surface area contributed by atoms with E-state index >= 15 is 0 Å². The van der Waals surface area contributed by atoms with E-state index in [0.717, 1.165) is 7.11 Å². The third-order valence-electron chi connectivity index (χ3n) is 1.58. The number of nitrogens with zero attached hydrogens (tertiary/aromatic N) is 1. The minimum atomic E-state index is -5.16. The summed E-state index contributed by atoms with van der Waals surface area (Å²) in [6, 6.07) is 0.654. The summed E-state index contributed by atoms with van der Waals surface area (Å²) in [5.74, 6) is -3.05. The average molecular weight is 308 g/mol. The molecule has 6 nitrogen and oxygen atoms in total. The smallest absolute Gasteiger partial charge is 0.501 e. The number of aromatic nitrogens is 1. The molecule has 0 spiro atoms. The Hall–Kier alpha value is -1.42. The number of ether oxygens (including phenoxy) is 2. The molecule has 0 unspecified atom stereocenters. The molecule has 0 aliphatic rings. The second-order valence-electron chi connectivity index (χ2n) is 2.80. The third-order valence-corrected chi connectivity index (χ3v) is 2.77. The van der Waals surface area contributed by atoms with E-state index in [0.29, 0.717) is 6.07 Å². The van der Waals surface area contributed by atoms with Crippen LogP contribution in [0.25, 0.3) is 0 Å². The molecule has 0 bridgehead atoms. The van der Waals surface area contributed by atoms with Gasteiger partial charge in [0.1, 0.15) is 0 Å². The van der Waals surface area contributed by atoms with Crippen molar-refractivity contribution >= 4 is 19.7 Å². The molecule has 0 fully saturated rings. The summed E-state index contributed by atoms with van der Waals surface area (Å²) in [6.45, 7) is 0. The van der Waals surface area contributed by atoms with Gasteiger partial charge >= 0.3 is 6.36 Å². The molecule has 1 aromatic rings. The number of halogens is 4. The van der Waals surface area contributed by atoms with Gasteiger partial charge in [-0.05, 0) is 0 Å². The van der Waals surface area contributed by atoms with Crippen LogP contribution in [0.4, 0.5) is 13.2 Å². The summed E-state index contributed by atoms with van der Waals surface area (Å²) in [7, 11) is 1.51. The van der Waals surface area contributed by atoms with E-state index in [-0.39, 0.29) is 0 Å². The molecule has 0 amide bonds. The second-order valence-corrected chi connectivity index (χ2v) is 5.31. The number of rotatable bonds is 3. The Morgan fingerprint density at radius 1 is 1.44 bits per heavy atom. The predicted octanol–water partition coefficient (Wildman–Crippen LogP) is 1.62. The molecule has 0 aliphatic carbocycles. The molecule has 0 aliphatic heterocycles. The van der Waals surface area contributed by atoms with Gasteiger partial charge in [-0.2, -0.15) is 4.98 Å². The van der Waals surface area contributed by atoms with Crippen molar-refractivity contribution in [3.63, 3.8) is 0 Å². The normalized spacial score (nSPS) is 12.3. The van der Waals surface area contributed by atoms with Crippen molar-refractivity contribution in [2.24, 2.45) is 0 Å². The molecule has 0 saturated heterocycles. The maximum absolute atomic E-state index is 12.0. The van der Waals surface area contributed by atoms with Gasteiger partial charge in [0.25, 0.3) is 14.9 Å². The number of aromatic hydroxyl groups is 1. The average Bonchev–Trinajstić information content (AvgIpc) is 2.17. The summed E-state index contributed by atoms with van der Waals surface area (Å²) in [4.78, 5) is 2.95. The number of methoxy groups -OCH3 is 1. The highest BCUT2D eigenvalue weighted by Gasteiger charge is 2.35. The van der Waals surface area contributed by atoms with Crippen LogP contribution >= 0.6 is 10.7 Å². The van der Waals surface area contributed by atoms with Crippen molar-refractivity contribution in [2.75, 3.05) is 7.11 Å². The zero-order valence-electron chi connectivity index (χ0n) is 8.52. The Morgan fingerprint density at radius 2 is 2.00 bits per heavy atom. The lowest BCUT2D eigenvalue weighted by molar-refractivity contribution is -0.276. The fourth-order valence-corrected chi connectivity index (χ4v) is 1.61. The fraction of sp³-hybridized carbons (Fsp3) is 0.286. The van der Waals surface area contributed by atoms with Crippen molar-refractivity contribution in [3.8, 4) is 17.4 Å². The van der Waals surface area contributed by atoms with E-state index in [4.69, 9.17) is 10.7 Å². The largest absolute Gasteiger partial charge is 0.574 e. The van der Waals surface area contributed by atoms with E-state index < -0.39 is 37.8 Å². The Morgan fingerprint density at radius 3 is 2.39 bits per heavy atom. The Labute approximate surface area is 103 Å². The molecular weight excluding hydrogens is 303 g/mol. The molecule has 1 N–H and O–H groups in total. The van der Waals surface area contributed by atoms with Gasteiger partial charge in [-0.25, -0.2) is 8.42 Å². The van der Waals surface area contributed by atoms with Gasteiger partial charge in [-0.15, -0.1) is 13.2 Å². The summed E-state index contributed by atoms with van der Waals surface area (Å²) < 4.78 is 65.7. The first kappa shape index (κ1) is 14.6. The highest BCUT2D eigenvalue weighted by molar-refractivity contribution is 8.13. The maximum Gasteiger partial charge on any atom is 0.574 e. The Kier molecular flexibility index (Phi) is 3.81. The fourth-order valence-electron chi connectivity index (χ4n) is 0.932. The van der Waals surface area contributed by atoms with Crippen LogP contribution in [0.15, 0.2) is 11.1 Å². The first-order valence-corrected chi connectivity index (χ1v) is 6.34. The van der Waals surface area contributed by atoms with Gasteiger partial charge in [0.15, 0.2) is 10.8 Å². The number of hydrogen-bond acceptors (Lipinski definition) is 6. The zero-order valence-corrected chi connectivity index (χ0v) is 10.1. The molecule has 1 rings (SSSR count). The lowest BCUT2D eigenvalue weighted by Gasteiger charge is -2.12. The van der Waals surface area contributed by atoms with Gasteiger partial charge in [-0.1, -0.05) is 0 Å². The van der Waals surface area contributed by atoms with Crippen molar-refractivity contribution in [3.05, 3.63) is 6.07 Å². The van der Waals surface area contributed by atoms with Crippen LogP contribution in [0.2, 0.25) is 0 Å². The van der Waals surface area contributed by atoms with Gasteiger partial charge in [0.05, 0.1) is 7.11 Å². The molecule has 18 heavy (non-hydrogen) atoms. The van der Waals surface area contributed by atoms with Crippen LogP contribution in [0, 0.1) is 0 Å². The zero-order chi connectivity index (χ0) is 14.1. The molecule has 0 atom stereocenters. The first-order valence-electron chi connectivity index (χ1n) is 4.03. The molecule has 1 aromatic heterocycles. The van der Waals surface area contributed by atoms with Crippen LogP contribution in [-0.2, 0) is 9.05 Å². The van der Waals surface area contributed by atoms with E-state index in [1.165, 1.54) is 0 Å². The molecular formula is C7H5ClF3NO5S.